The summed E-state index contributed by atoms with van der Waals surface area (Å²) in [5.41, 5.74) is 6.77. The summed E-state index contributed by atoms with van der Waals surface area (Å²) in [6.45, 7) is 1.86. The first kappa shape index (κ1) is 15.3. The maximum Gasteiger partial charge on any atom is 0.253 e. The number of halogens is 2. The summed E-state index contributed by atoms with van der Waals surface area (Å²) < 4.78 is 12.8. The minimum absolute atomic E-state index is 0.131. The Morgan fingerprint density at radius 1 is 1.43 bits per heavy atom. The molecule has 4 nitrogen and oxygen atoms in total. The first-order valence-electron chi connectivity index (χ1n) is 6.42. The average Bonchev–Trinajstić information content (AvgIpc) is 2.44. The molecule has 0 aliphatic rings. The van der Waals surface area contributed by atoms with E-state index in [1.165, 1.54) is 24.4 Å². The van der Waals surface area contributed by atoms with Gasteiger partial charge in [0, 0.05) is 12.2 Å². The highest BCUT2D eigenvalue weighted by Crippen LogP contribution is 2.16. The van der Waals surface area contributed by atoms with Gasteiger partial charge in [-0.2, -0.15) is 0 Å². The fourth-order valence-corrected chi connectivity index (χ4v) is 2.14. The normalized spacial score (nSPS) is 12.0. The molecule has 6 heteroatoms. The third-order valence-corrected chi connectivity index (χ3v) is 3.25. The van der Waals surface area contributed by atoms with E-state index in [1.807, 2.05) is 6.92 Å². The van der Waals surface area contributed by atoms with E-state index < -0.39 is 0 Å². The van der Waals surface area contributed by atoms with E-state index in [4.69, 9.17) is 17.3 Å². The molecule has 1 atom stereocenters. The molecule has 110 valence electrons. The highest BCUT2D eigenvalue weighted by Gasteiger charge is 2.14. The molecule has 0 radical (unpaired) electrons. The summed E-state index contributed by atoms with van der Waals surface area (Å²) in [4.78, 5) is 15.9. The van der Waals surface area contributed by atoms with E-state index in [0.29, 0.717) is 6.42 Å². The van der Waals surface area contributed by atoms with Gasteiger partial charge >= 0.3 is 0 Å². The number of nitrogen functional groups attached to an aromatic ring is 1. The van der Waals surface area contributed by atoms with Crippen LogP contribution in [0.1, 0.15) is 22.8 Å². The van der Waals surface area contributed by atoms with Crippen LogP contribution < -0.4 is 11.1 Å². The van der Waals surface area contributed by atoms with Crippen LogP contribution >= 0.6 is 11.6 Å². The van der Waals surface area contributed by atoms with E-state index in [1.54, 1.807) is 12.1 Å². The Morgan fingerprint density at radius 2 is 2.10 bits per heavy atom. The van der Waals surface area contributed by atoms with Crippen molar-refractivity contribution in [1.82, 2.24) is 10.3 Å². The topological polar surface area (TPSA) is 68.0 Å². The zero-order chi connectivity index (χ0) is 15.4. The first-order chi connectivity index (χ1) is 9.95. The Balaban J connectivity index is 2.01. The molecule has 0 aliphatic heterocycles. The predicted octanol–water partition coefficient (Wildman–Crippen LogP) is 2.82. The SMILES string of the molecule is CC(Cc1ccc(F)cc1)NC(=O)c1cc(N)ncc1Cl. The molecule has 0 saturated carbocycles. The van der Waals surface area contributed by atoms with Gasteiger partial charge in [-0.05, 0) is 37.1 Å². The maximum atomic E-state index is 12.8. The third kappa shape index (κ3) is 4.16. The predicted molar refractivity (Wildman–Crippen MR) is 80.7 cm³/mol. The monoisotopic (exact) mass is 307 g/mol. The average molecular weight is 308 g/mol. The molecule has 2 aromatic rings. The summed E-state index contributed by atoms with van der Waals surface area (Å²) in [5, 5.41) is 3.07. The molecule has 1 aromatic heterocycles. The van der Waals surface area contributed by atoms with Crippen LogP contribution in [0.25, 0.3) is 0 Å². The number of carbonyl (C=O) groups is 1. The number of hydrogen-bond acceptors (Lipinski definition) is 3. The largest absolute Gasteiger partial charge is 0.384 e. The first-order valence-corrected chi connectivity index (χ1v) is 6.80. The van der Waals surface area contributed by atoms with Crippen LogP contribution in [-0.2, 0) is 6.42 Å². The number of amides is 1. The summed E-state index contributed by atoms with van der Waals surface area (Å²) in [7, 11) is 0. The van der Waals surface area contributed by atoms with Gasteiger partial charge in [0.15, 0.2) is 0 Å². The van der Waals surface area contributed by atoms with Gasteiger partial charge in [-0.15, -0.1) is 0 Å². The molecule has 1 amide bonds. The number of carbonyl (C=O) groups excluding carboxylic acids is 1. The smallest absolute Gasteiger partial charge is 0.253 e. The van der Waals surface area contributed by atoms with Crippen LogP contribution in [-0.4, -0.2) is 16.9 Å². The summed E-state index contributed by atoms with van der Waals surface area (Å²) >= 11 is 5.93. The lowest BCUT2D eigenvalue weighted by molar-refractivity contribution is 0.0940. The second-order valence-corrected chi connectivity index (χ2v) is 5.20. The molecule has 0 aliphatic carbocycles. The Hall–Kier alpha value is -2.14. The number of rotatable bonds is 4. The van der Waals surface area contributed by atoms with E-state index in [0.717, 1.165) is 5.56 Å². The maximum absolute atomic E-state index is 12.8. The van der Waals surface area contributed by atoms with Gasteiger partial charge in [0.05, 0.1) is 10.6 Å². The van der Waals surface area contributed by atoms with Crippen molar-refractivity contribution in [1.29, 1.82) is 0 Å². The highest BCUT2D eigenvalue weighted by molar-refractivity contribution is 6.33. The Bertz CT molecular complexity index is 646. The van der Waals surface area contributed by atoms with Crippen LogP contribution in [0.5, 0.6) is 0 Å². The van der Waals surface area contributed by atoms with Gasteiger partial charge in [0.2, 0.25) is 0 Å². The van der Waals surface area contributed by atoms with Gasteiger partial charge in [-0.25, -0.2) is 9.37 Å². The van der Waals surface area contributed by atoms with Crippen molar-refractivity contribution in [2.24, 2.45) is 0 Å². The zero-order valence-corrected chi connectivity index (χ0v) is 12.2. The molecular formula is C15H15ClFN3O. The molecule has 3 N–H and O–H groups in total. The molecule has 1 unspecified atom stereocenters. The number of nitrogens with zero attached hydrogens (tertiary/aromatic N) is 1. The Kier molecular flexibility index (Phi) is 4.75. The molecule has 0 saturated heterocycles. The minimum atomic E-state index is -0.316. The fourth-order valence-electron chi connectivity index (χ4n) is 1.96. The molecule has 0 bridgehead atoms. The van der Waals surface area contributed by atoms with Crippen molar-refractivity contribution in [3.05, 3.63) is 58.5 Å². The van der Waals surface area contributed by atoms with Gasteiger partial charge in [-0.3, -0.25) is 4.79 Å². The van der Waals surface area contributed by atoms with E-state index >= 15 is 0 Å². The zero-order valence-electron chi connectivity index (χ0n) is 11.4. The Labute approximate surface area is 127 Å². The second kappa shape index (κ2) is 6.54. The highest BCUT2D eigenvalue weighted by atomic mass is 35.5. The van der Waals surface area contributed by atoms with Crippen LogP contribution in [0.3, 0.4) is 0 Å². The van der Waals surface area contributed by atoms with Crippen molar-refractivity contribution in [2.45, 2.75) is 19.4 Å². The molecule has 1 heterocycles. The van der Waals surface area contributed by atoms with Crippen molar-refractivity contribution >= 4 is 23.3 Å². The van der Waals surface area contributed by atoms with Gasteiger partial charge in [0.25, 0.3) is 5.91 Å². The van der Waals surface area contributed by atoms with E-state index in [2.05, 4.69) is 10.3 Å². The summed E-state index contributed by atoms with van der Waals surface area (Å²) in [6, 6.07) is 7.47. The van der Waals surface area contributed by atoms with Crippen LogP contribution in [0.15, 0.2) is 36.5 Å². The molecule has 0 spiro atoms. The van der Waals surface area contributed by atoms with Crippen molar-refractivity contribution in [3.8, 4) is 0 Å². The minimum Gasteiger partial charge on any atom is -0.384 e. The Morgan fingerprint density at radius 3 is 2.76 bits per heavy atom. The number of aromatic nitrogens is 1. The molecule has 2 rings (SSSR count). The van der Waals surface area contributed by atoms with Gasteiger partial charge in [-0.1, -0.05) is 23.7 Å². The second-order valence-electron chi connectivity index (χ2n) is 4.79. The quantitative estimate of drug-likeness (QED) is 0.912. The lowest BCUT2D eigenvalue weighted by Crippen LogP contribution is -2.34. The number of hydrogen-bond donors (Lipinski definition) is 2. The standard InChI is InChI=1S/C15H15ClFN3O/c1-9(6-10-2-4-11(17)5-3-10)20-15(21)12-7-14(18)19-8-13(12)16/h2-5,7-9H,6H2,1H3,(H2,18,19)(H,20,21). The van der Waals surface area contributed by atoms with Crippen LogP contribution in [0, 0.1) is 5.82 Å². The van der Waals surface area contributed by atoms with Crippen LogP contribution in [0.2, 0.25) is 5.02 Å². The molecule has 1 aromatic carbocycles. The number of nitrogens with one attached hydrogen (secondary N) is 1. The van der Waals surface area contributed by atoms with Crippen LogP contribution in [0.4, 0.5) is 10.2 Å². The number of pyridine rings is 1. The third-order valence-electron chi connectivity index (χ3n) is 2.95. The van der Waals surface area contributed by atoms with Crippen molar-refractivity contribution in [2.75, 3.05) is 5.73 Å². The van der Waals surface area contributed by atoms with Gasteiger partial charge < -0.3 is 11.1 Å². The van der Waals surface area contributed by atoms with Crippen molar-refractivity contribution in [3.63, 3.8) is 0 Å². The number of nitrogens with two attached hydrogens (primary N) is 1. The van der Waals surface area contributed by atoms with E-state index in [9.17, 15) is 9.18 Å². The van der Waals surface area contributed by atoms with Crippen molar-refractivity contribution < 1.29 is 9.18 Å². The molecule has 21 heavy (non-hydrogen) atoms. The number of anilines is 1. The molecular weight excluding hydrogens is 293 g/mol. The van der Waals surface area contributed by atoms with E-state index in [-0.39, 0.29) is 34.2 Å². The molecule has 0 fully saturated rings. The lowest BCUT2D eigenvalue weighted by atomic mass is 10.1. The summed E-state index contributed by atoms with van der Waals surface area (Å²) in [5.74, 6) is -0.367. The fraction of sp³-hybridized carbons (Fsp3) is 0.200. The number of benzene rings is 1. The lowest BCUT2D eigenvalue weighted by Gasteiger charge is -2.14. The van der Waals surface area contributed by atoms with Gasteiger partial charge in [0.1, 0.15) is 11.6 Å². The summed E-state index contributed by atoms with van der Waals surface area (Å²) in [6.07, 6.45) is 1.93.